The van der Waals surface area contributed by atoms with E-state index in [0.29, 0.717) is 0 Å². The van der Waals surface area contributed by atoms with Crippen molar-refractivity contribution < 1.29 is 0 Å². The van der Waals surface area contributed by atoms with E-state index in [1.54, 1.807) is 11.3 Å². The van der Waals surface area contributed by atoms with E-state index in [0.717, 1.165) is 0 Å². The largest absolute Gasteiger partial charge is 0.267 e. The molecule has 0 saturated heterocycles. The second kappa shape index (κ2) is 1.57. The summed E-state index contributed by atoms with van der Waals surface area (Å²) in [7, 11) is 1.93. The van der Waals surface area contributed by atoms with Gasteiger partial charge in [0.2, 0.25) is 0 Å². The van der Waals surface area contributed by atoms with Gasteiger partial charge in [-0.1, -0.05) is 0 Å². The molecule has 0 atom stereocenters. The van der Waals surface area contributed by atoms with Crippen LogP contribution in [0.25, 0.3) is 10.2 Å². The van der Waals surface area contributed by atoms with E-state index in [-0.39, 0.29) is 0 Å². The van der Waals surface area contributed by atoms with Crippen LogP contribution in [0.2, 0.25) is 0 Å². The molecular formula is C6H5N2S. The van der Waals surface area contributed by atoms with Crippen molar-refractivity contribution in [1.82, 2.24) is 9.78 Å². The van der Waals surface area contributed by atoms with E-state index in [4.69, 9.17) is 0 Å². The fourth-order valence-electron chi connectivity index (χ4n) is 0.819. The third kappa shape index (κ3) is 0.580. The highest BCUT2D eigenvalue weighted by Crippen LogP contribution is 2.17. The molecule has 0 amide bonds. The van der Waals surface area contributed by atoms with Crippen molar-refractivity contribution in [2.24, 2.45) is 7.05 Å². The normalized spacial score (nSPS) is 10.8. The minimum absolute atomic E-state index is 1.17. The zero-order valence-electron chi connectivity index (χ0n) is 4.96. The summed E-state index contributed by atoms with van der Waals surface area (Å²) in [6.45, 7) is 0. The number of hydrogen-bond donors (Lipinski definition) is 0. The Labute approximate surface area is 56.7 Å². The minimum Gasteiger partial charge on any atom is -0.267 e. The van der Waals surface area contributed by atoms with Gasteiger partial charge in [0.25, 0.3) is 0 Å². The minimum atomic E-state index is 1.17. The second-order valence-corrected chi connectivity index (χ2v) is 2.76. The Kier molecular flexibility index (Phi) is 0.873. The molecule has 0 aliphatic heterocycles. The molecule has 0 aromatic carbocycles. The van der Waals surface area contributed by atoms with Crippen molar-refractivity contribution in [1.29, 1.82) is 0 Å². The molecule has 2 aromatic heterocycles. The lowest BCUT2D eigenvalue weighted by atomic mass is 10.5. The van der Waals surface area contributed by atoms with E-state index in [2.05, 4.69) is 10.5 Å². The monoisotopic (exact) mass is 137 g/mol. The Morgan fingerprint density at radius 3 is 3.44 bits per heavy atom. The zero-order chi connectivity index (χ0) is 6.27. The molecule has 1 radical (unpaired) electrons. The SMILES string of the molecule is Cn1ncc2s[c]cc21. The van der Waals surface area contributed by atoms with Gasteiger partial charge in [-0.05, 0) is 6.07 Å². The highest BCUT2D eigenvalue weighted by Gasteiger charge is 1.97. The van der Waals surface area contributed by atoms with E-state index in [1.807, 2.05) is 24.0 Å². The third-order valence-electron chi connectivity index (χ3n) is 1.31. The Bertz CT molecular complexity index is 320. The molecule has 3 heteroatoms. The first-order valence-corrected chi connectivity index (χ1v) is 3.47. The summed E-state index contributed by atoms with van der Waals surface area (Å²) in [6, 6.07) is 1.95. The number of aryl methyl sites for hydroxylation is 1. The van der Waals surface area contributed by atoms with Crippen molar-refractivity contribution in [3.63, 3.8) is 0 Å². The number of fused-ring (bicyclic) bond motifs is 1. The maximum absolute atomic E-state index is 4.06. The average molecular weight is 137 g/mol. The van der Waals surface area contributed by atoms with Crippen LogP contribution in [-0.2, 0) is 7.05 Å². The maximum atomic E-state index is 4.06. The molecule has 0 unspecified atom stereocenters. The standard InChI is InChI=1S/C6H5N2S/c1-8-5-2-3-9-6(5)4-7-8/h2,4H,1H3. The number of aromatic nitrogens is 2. The van der Waals surface area contributed by atoms with Crippen molar-refractivity contribution in [2.75, 3.05) is 0 Å². The lowest BCUT2D eigenvalue weighted by molar-refractivity contribution is 0.797. The van der Waals surface area contributed by atoms with E-state index in [1.165, 1.54) is 10.2 Å². The quantitative estimate of drug-likeness (QED) is 0.537. The molecular weight excluding hydrogens is 132 g/mol. The number of hydrogen-bond acceptors (Lipinski definition) is 2. The molecule has 0 fully saturated rings. The molecule has 0 spiro atoms. The summed E-state index contributed by atoms with van der Waals surface area (Å²) >= 11 is 1.60. The van der Waals surface area contributed by atoms with Gasteiger partial charge in [0.1, 0.15) is 0 Å². The number of rotatable bonds is 0. The van der Waals surface area contributed by atoms with Crippen LogP contribution in [0.4, 0.5) is 0 Å². The topological polar surface area (TPSA) is 17.8 Å². The van der Waals surface area contributed by atoms with Gasteiger partial charge in [0.15, 0.2) is 0 Å². The van der Waals surface area contributed by atoms with Crippen molar-refractivity contribution >= 4 is 21.6 Å². The Hall–Kier alpha value is -0.830. The molecule has 0 N–H and O–H groups in total. The smallest absolute Gasteiger partial charge is 0.0793 e. The Morgan fingerprint density at radius 2 is 2.67 bits per heavy atom. The Balaban J connectivity index is 2.99. The molecule has 0 bridgehead atoms. The van der Waals surface area contributed by atoms with Crippen LogP contribution in [0, 0.1) is 5.38 Å². The number of nitrogens with zero attached hydrogens (tertiary/aromatic N) is 2. The van der Waals surface area contributed by atoms with Crippen LogP contribution in [0.15, 0.2) is 12.3 Å². The predicted octanol–water partition coefficient (Wildman–Crippen LogP) is 1.43. The van der Waals surface area contributed by atoms with Gasteiger partial charge in [0, 0.05) is 12.4 Å². The maximum Gasteiger partial charge on any atom is 0.0793 e. The molecule has 2 heterocycles. The molecule has 9 heavy (non-hydrogen) atoms. The van der Waals surface area contributed by atoms with Crippen LogP contribution < -0.4 is 0 Å². The molecule has 45 valence electrons. The van der Waals surface area contributed by atoms with E-state index >= 15 is 0 Å². The second-order valence-electron chi connectivity index (χ2n) is 1.88. The van der Waals surface area contributed by atoms with Gasteiger partial charge in [-0.25, -0.2) is 0 Å². The van der Waals surface area contributed by atoms with Gasteiger partial charge in [-0.3, -0.25) is 4.68 Å². The summed E-state index contributed by atoms with van der Waals surface area (Å²) in [5.74, 6) is 0. The van der Waals surface area contributed by atoms with Gasteiger partial charge in [0.05, 0.1) is 16.4 Å². The van der Waals surface area contributed by atoms with Gasteiger partial charge < -0.3 is 0 Å². The van der Waals surface area contributed by atoms with Gasteiger partial charge in [-0.2, -0.15) is 5.10 Å². The van der Waals surface area contributed by atoms with Crippen molar-refractivity contribution in [3.8, 4) is 0 Å². The lowest BCUT2D eigenvalue weighted by Gasteiger charge is -1.83. The average Bonchev–Trinajstić information content (AvgIpc) is 2.35. The van der Waals surface area contributed by atoms with Crippen LogP contribution in [-0.4, -0.2) is 9.78 Å². The predicted molar refractivity (Wildman–Crippen MR) is 37.4 cm³/mol. The molecule has 2 aromatic rings. The van der Waals surface area contributed by atoms with Crippen LogP contribution in [0.5, 0.6) is 0 Å². The number of thiophene rings is 1. The Morgan fingerprint density at radius 1 is 1.78 bits per heavy atom. The summed E-state index contributed by atoms with van der Waals surface area (Å²) in [5.41, 5.74) is 1.17. The molecule has 0 aliphatic carbocycles. The van der Waals surface area contributed by atoms with Crippen LogP contribution in [0.3, 0.4) is 0 Å². The van der Waals surface area contributed by atoms with Crippen molar-refractivity contribution in [2.45, 2.75) is 0 Å². The summed E-state index contributed by atoms with van der Waals surface area (Å²) in [5, 5.41) is 7.10. The first kappa shape index (κ1) is 4.99. The van der Waals surface area contributed by atoms with E-state index < -0.39 is 0 Å². The summed E-state index contributed by atoms with van der Waals surface area (Å²) in [6.07, 6.45) is 1.86. The fraction of sp³-hybridized carbons (Fsp3) is 0.167. The zero-order valence-corrected chi connectivity index (χ0v) is 5.77. The lowest BCUT2D eigenvalue weighted by Crippen LogP contribution is -1.86. The summed E-state index contributed by atoms with van der Waals surface area (Å²) in [4.78, 5) is 0. The molecule has 0 saturated carbocycles. The molecule has 2 nitrogen and oxygen atoms in total. The third-order valence-corrected chi connectivity index (χ3v) is 2.08. The summed E-state index contributed by atoms with van der Waals surface area (Å²) < 4.78 is 3.06. The highest BCUT2D eigenvalue weighted by molar-refractivity contribution is 7.16. The van der Waals surface area contributed by atoms with Crippen LogP contribution in [0.1, 0.15) is 0 Å². The first-order chi connectivity index (χ1) is 4.38. The fourth-order valence-corrected chi connectivity index (χ4v) is 1.51. The first-order valence-electron chi connectivity index (χ1n) is 2.65. The highest BCUT2D eigenvalue weighted by atomic mass is 32.1. The van der Waals surface area contributed by atoms with E-state index in [9.17, 15) is 0 Å². The molecule has 2 rings (SSSR count). The van der Waals surface area contributed by atoms with Crippen LogP contribution >= 0.6 is 11.3 Å². The van der Waals surface area contributed by atoms with Crippen molar-refractivity contribution in [3.05, 3.63) is 17.6 Å². The van der Waals surface area contributed by atoms with Gasteiger partial charge >= 0.3 is 0 Å². The molecule has 0 aliphatic rings. The van der Waals surface area contributed by atoms with Gasteiger partial charge in [-0.15, -0.1) is 11.3 Å².